The zero-order chi connectivity index (χ0) is 20.1. The van der Waals surface area contributed by atoms with Gasteiger partial charge in [0.15, 0.2) is 0 Å². The van der Waals surface area contributed by atoms with Crippen molar-refractivity contribution in [2.45, 2.75) is 32.2 Å². The molecule has 148 valence electrons. The van der Waals surface area contributed by atoms with E-state index in [0.717, 1.165) is 53.7 Å². The van der Waals surface area contributed by atoms with Crippen LogP contribution >= 0.6 is 11.3 Å². The Morgan fingerprint density at radius 2 is 2.00 bits per heavy atom. The van der Waals surface area contributed by atoms with Crippen LogP contribution in [0.5, 0.6) is 0 Å². The van der Waals surface area contributed by atoms with Gasteiger partial charge in [-0.2, -0.15) is 0 Å². The van der Waals surface area contributed by atoms with E-state index in [9.17, 15) is 9.18 Å². The Hall–Kier alpha value is -3.13. The maximum atomic E-state index is 13.6. The van der Waals surface area contributed by atoms with Crippen LogP contribution in [0.2, 0.25) is 0 Å². The Balaban J connectivity index is 1.23. The van der Waals surface area contributed by atoms with Crippen molar-refractivity contribution >= 4 is 28.3 Å². The number of rotatable bonds is 8. The fourth-order valence-electron chi connectivity index (χ4n) is 3.04. The monoisotopic (exact) mass is 409 g/mol. The van der Waals surface area contributed by atoms with Gasteiger partial charge in [-0.1, -0.05) is 12.1 Å². The molecule has 0 fully saturated rings. The number of para-hydroxylation sites is 2. The number of hydrogen-bond donors (Lipinski definition) is 2. The first-order valence-electron chi connectivity index (χ1n) is 9.43. The molecule has 0 unspecified atom stereocenters. The van der Waals surface area contributed by atoms with Crippen molar-refractivity contribution in [3.8, 4) is 0 Å². The molecular weight excluding hydrogens is 389 g/mol. The van der Waals surface area contributed by atoms with E-state index in [-0.39, 0.29) is 12.5 Å². The van der Waals surface area contributed by atoms with Gasteiger partial charge in [0.1, 0.15) is 17.3 Å². The molecule has 1 aromatic carbocycles. The fraction of sp³-hybridized carbons (Fsp3) is 0.238. The third kappa shape index (κ3) is 4.83. The number of amides is 1. The second-order valence-corrected chi connectivity index (χ2v) is 7.63. The largest absolute Gasteiger partial charge is 0.346 e. The molecule has 1 amide bonds. The van der Waals surface area contributed by atoms with Crippen molar-refractivity contribution in [3.05, 3.63) is 76.0 Å². The number of aryl methyl sites for hydroxylation is 2. The zero-order valence-electron chi connectivity index (χ0n) is 15.7. The number of fused-ring (bicyclic) bond motifs is 1. The van der Waals surface area contributed by atoms with Gasteiger partial charge in [0.25, 0.3) is 5.91 Å². The Morgan fingerprint density at radius 3 is 2.86 bits per heavy atom. The van der Waals surface area contributed by atoms with Crippen LogP contribution in [0.1, 0.15) is 39.7 Å². The summed E-state index contributed by atoms with van der Waals surface area (Å²) in [5, 5.41) is 5.36. The predicted molar refractivity (Wildman–Crippen MR) is 110 cm³/mol. The molecule has 0 aliphatic heterocycles. The lowest BCUT2D eigenvalue weighted by Gasteiger charge is -2.04. The summed E-state index contributed by atoms with van der Waals surface area (Å²) in [4.78, 5) is 28.2. The average molecular weight is 409 g/mol. The van der Waals surface area contributed by atoms with Crippen molar-refractivity contribution < 1.29 is 9.18 Å². The highest BCUT2D eigenvalue weighted by atomic mass is 32.1. The molecule has 2 N–H and O–H groups in total. The standard InChI is InChI=1S/C21H20FN5OS/c22-15-12-23-10-9-14(15)11-24-21(28)18-13-29-20(27-18)8-4-3-7-19-25-16-5-1-2-6-17(16)26-19/h1-2,5-6,9-10,12-13H,3-4,7-8,11H2,(H,24,28)(H,25,26). The van der Waals surface area contributed by atoms with Gasteiger partial charge < -0.3 is 10.3 Å². The van der Waals surface area contributed by atoms with E-state index in [0.29, 0.717) is 11.3 Å². The molecule has 0 atom stereocenters. The first-order chi connectivity index (χ1) is 14.2. The van der Waals surface area contributed by atoms with Crippen molar-refractivity contribution in [1.82, 2.24) is 25.3 Å². The van der Waals surface area contributed by atoms with Gasteiger partial charge in [0.2, 0.25) is 0 Å². The molecule has 0 radical (unpaired) electrons. The smallest absolute Gasteiger partial charge is 0.271 e. The molecule has 4 aromatic rings. The van der Waals surface area contributed by atoms with Crippen LogP contribution in [0, 0.1) is 5.82 Å². The Morgan fingerprint density at radius 1 is 1.14 bits per heavy atom. The summed E-state index contributed by atoms with van der Waals surface area (Å²) in [5.41, 5.74) is 2.82. The van der Waals surface area contributed by atoms with Gasteiger partial charge in [-0.15, -0.1) is 11.3 Å². The Kier molecular flexibility index (Phi) is 5.90. The molecule has 0 bridgehead atoms. The van der Waals surface area contributed by atoms with Crippen LogP contribution < -0.4 is 5.32 Å². The van der Waals surface area contributed by atoms with E-state index < -0.39 is 5.82 Å². The number of aromatic nitrogens is 4. The lowest BCUT2D eigenvalue weighted by molar-refractivity contribution is 0.0946. The highest BCUT2D eigenvalue weighted by molar-refractivity contribution is 7.09. The van der Waals surface area contributed by atoms with E-state index in [1.807, 2.05) is 24.3 Å². The topological polar surface area (TPSA) is 83.6 Å². The van der Waals surface area contributed by atoms with Gasteiger partial charge in [0, 0.05) is 30.1 Å². The summed E-state index contributed by atoms with van der Waals surface area (Å²) in [6.07, 6.45) is 6.28. The van der Waals surface area contributed by atoms with Crippen LogP contribution in [-0.4, -0.2) is 25.8 Å². The number of carbonyl (C=O) groups is 1. The molecule has 0 saturated heterocycles. The number of pyridine rings is 1. The second-order valence-electron chi connectivity index (χ2n) is 6.68. The number of imidazole rings is 1. The number of benzene rings is 1. The minimum Gasteiger partial charge on any atom is -0.346 e. The third-order valence-electron chi connectivity index (χ3n) is 4.57. The highest BCUT2D eigenvalue weighted by Gasteiger charge is 2.12. The minimum absolute atomic E-state index is 0.109. The average Bonchev–Trinajstić information content (AvgIpc) is 3.37. The van der Waals surface area contributed by atoms with Crippen LogP contribution in [0.4, 0.5) is 4.39 Å². The number of thiazole rings is 1. The fourth-order valence-corrected chi connectivity index (χ4v) is 3.86. The SMILES string of the molecule is O=C(NCc1ccncc1F)c1csc(CCCCc2nc3ccccc3[nH]2)n1. The van der Waals surface area contributed by atoms with Gasteiger partial charge in [-0.3, -0.25) is 9.78 Å². The molecule has 8 heteroatoms. The van der Waals surface area contributed by atoms with E-state index >= 15 is 0 Å². The normalized spacial score (nSPS) is 11.1. The van der Waals surface area contributed by atoms with Gasteiger partial charge >= 0.3 is 0 Å². The van der Waals surface area contributed by atoms with E-state index in [1.54, 1.807) is 11.4 Å². The second kappa shape index (κ2) is 8.91. The number of H-pyrrole nitrogens is 1. The van der Waals surface area contributed by atoms with Crippen molar-refractivity contribution in [1.29, 1.82) is 0 Å². The maximum Gasteiger partial charge on any atom is 0.271 e. The van der Waals surface area contributed by atoms with E-state index in [1.165, 1.54) is 17.5 Å². The van der Waals surface area contributed by atoms with Crippen molar-refractivity contribution in [3.63, 3.8) is 0 Å². The first-order valence-corrected chi connectivity index (χ1v) is 10.3. The zero-order valence-corrected chi connectivity index (χ0v) is 16.5. The molecule has 0 aliphatic carbocycles. The molecule has 3 aromatic heterocycles. The summed E-state index contributed by atoms with van der Waals surface area (Å²) < 4.78 is 13.6. The van der Waals surface area contributed by atoms with Crippen LogP contribution in [0.15, 0.2) is 48.1 Å². The summed E-state index contributed by atoms with van der Waals surface area (Å²) in [6.45, 7) is 0.109. The number of nitrogens with one attached hydrogen (secondary N) is 2. The number of carbonyl (C=O) groups excluding carboxylic acids is 1. The number of aromatic amines is 1. The summed E-state index contributed by atoms with van der Waals surface area (Å²) in [7, 11) is 0. The van der Waals surface area contributed by atoms with Crippen molar-refractivity contribution in [2.24, 2.45) is 0 Å². The Bertz CT molecular complexity index is 1090. The third-order valence-corrected chi connectivity index (χ3v) is 5.48. The van der Waals surface area contributed by atoms with Gasteiger partial charge in [0.05, 0.1) is 22.2 Å². The number of halogens is 1. The highest BCUT2D eigenvalue weighted by Crippen LogP contribution is 2.15. The number of hydrogen-bond acceptors (Lipinski definition) is 5. The maximum absolute atomic E-state index is 13.6. The molecule has 29 heavy (non-hydrogen) atoms. The van der Waals surface area contributed by atoms with Gasteiger partial charge in [-0.25, -0.2) is 14.4 Å². The minimum atomic E-state index is -0.434. The predicted octanol–water partition coefficient (Wildman–Crippen LogP) is 4.05. The number of nitrogens with zero attached hydrogens (tertiary/aromatic N) is 3. The van der Waals surface area contributed by atoms with Gasteiger partial charge in [-0.05, 0) is 37.5 Å². The molecule has 0 spiro atoms. The summed E-state index contributed by atoms with van der Waals surface area (Å²) >= 11 is 1.47. The molecule has 0 aliphatic rings. The number of unbranched alkanes of at least 4 members (excludes halogenated alkanes) is 1. The van der Waals surface area contributed by atoms with Crippen molar-refractivity contribution in [2.75, 3.05) is 0 Å². The summed E-state index contributed by atoms with van der Waals surface area (Å²) in [6, 6.07) is 9.55. The van der Waals surface area contributed by atoms with Crippen LogP contribution in [-0.2, 0) is 19.4 Å². The first kappa shape index (κ1) is 19.2. The van der Waals surface area contributed by atoms with E-state index in [4.69, 9.17) is 0 Å². The quantitative estimate of drug-likeness (QED) is 0.430. The van der Waals surface area contributed by atoms with Crippen LogP contribution in [0.25, 0.3) is 11.0 Å². The molecule has 0 saturated carbocycles. The molecule has 4 rings (SSSR count). The lowest BCUT2D eigenvalue weighted by Crippen LogP contribution is -2.23. The molecule has 3 heterocycles. The molecular formula is C21H20FN5OS. The van der Waals surface area contributed by atoms with Crippen LogP contribution in [0.3, 0.4) is 0 Å². The Labute approximate surface area is 171 Å². The lowest BCUT2D eigenvalue weighted by atomic mass is 10.2. The van der Waals surface area contributed by atoms with E-state index in [2.05, 4.69) is 25.3 Å². The molecule has 6 nitrogen and oxygen atoms in total. The summed E-state index contributed by atoms with van der Waals surface area (Å²) in [5.74, 6) is 0.260.